The number of hydrogen-bond donors (Lipinski definition) is 2. The number of rotatable bonds is 5. The summed E-state index contributed by atoms with van der Waals surface area (Å²) in [4.78, 5) is 4.14. The predicted octanol–water partition coefficient (Wildman–Crippen LogP) is 4.11. The monoisotopic (exact) mass is 431 g/mol. The Morgan fingerprint density at radius 2 is 1.83 bits per heavy atom. The van der Waals surface area contributed by atoms with Crippen molar-refractivity contribution in [3.05, 3.63) is 65.2 Å². The standard InChI is InChI=1S/C17H19F2N3.HI/c1-2-12-3-7-15(8-4-12)22-17(20)21-10-9-13-5-6-14(18)11-16(13)19;/h3-8,11H,2,9-10H2,1H3,(H3,20,21,22);1H. The highest BCUT2D eigenvalue weighted by molar-refractivity contribution is 14.0. The van der Waals surface area contributed by atoms with Gasteiger partial charge in [-0.15, -0.1) is 24.0 Å². The molecule has 0 atom stereocenters. The fourth-order valence-electron chi connectivity index (χ4n) is 2.03. The maximum atomic E-state index is 13.5. The van der Waals surface area contributed by atoms with Crippen LogP contribution in [0.3, 0.4) is 0 Å². The van der Waals surface area contributed by atoms with Crippen LogP contribution >= 0.6 is 24.0 Å². The highest BCUT2D eigenvalue weighted by Crippen LogP contribution is 2.11. The zero-order valence-electron chi connectivity index (χ0n) is 12.9. The van der Waals surface area contributed by atoms with Gasteiger partial charge in [0.2, 0.25) is 0 Å². The first-order valence-electron chi connectivity index (χ1n) is 7.18. The zero-order chi connectivity index (χ0) is 15.9. The van der Waals surface area contributed by atoms with E-state index in [9.17, 15) is 8.78 Å². The van der Waals surface area contributed by atoms with Crippen LogP contribution in [0, 0.1) is 11.6 Å². The van der Waals surface area contributed by atoms with E-state index >= 15 is 0 Å². The first-order chi connectivity index (χ1) is 10.6. The molecule has 0 aliphatic rings. The van der Waals surface area contributed by atoms with Crippen LogP contribution in [-0.2, 0) is 12.8 Å². The average molecular weight is 431 g/mol. The second-order valence-corrected chi connectivity index (χ2v) is 4.93. The van der Waals surface area contributed by atoms with Gasteiger partial charge in [0, 0.05) is 18.3 Å². The molecule has 2 aromatic carbocycles. The van der Waals surface area contributed by atoms with Gasteiger partial charge in [0.1, 0.15) is 11.6 Å². The molecule has 6 heteroatoms. The average Bonchev–Trinajstić information content (AvgIpc) is 2.50. The first-order valence-corrected chi connectivity index (χ1v) is 7.18. The molecule has 2 rings (SSSR count). The molecule has 2 aromatic rings. The molecule has 0 bridgehead atoms. The lowest BCUT2D eigenvalue weighted by Gasteiger charge is -2.07. The Labute approximate surface area is 152 Å². The molecule has 0 fully saturated rings. The molecule has 0 aliphatic heterocycles. The first kappa shape index (κ1) is 19.3. The van der Waals surface area contributed by atoms with Gasteiger partial charge in [-0.05, 0) is 42.2 Å². The van der Waals surface area contributed by atoms with Crippen LogP contribution in [0.4, 0.5) is 14.5 Å². The fraction of sp³-hybridized carbons (Fsp3) is 0.235. The van der Waals surface area contributed by atoms with Crippen molar-refractivity contribution in [1.29, 1.82) is 0 Å². The molecule has 0 saturated heterocycles. The molecule has 0 heterocycles. The van der Waals surface area contributed by atoms with Gasteiger partial charge in [-0.25, -0.2) is 8.78 Å². The molecule has 0 aromatic heterocycles. The Balaban J connectivity index is 0.00000264. The van der Waals surface area contributed by atoms with Crippen molar-refractivity contribution in [3.63, 3.8) is 0 Å². The van der Waals surface area contributed by atoms with Crippen LogP contribution in [0.5, 0.6) is 0 Å². The third kappa shape index (κ3) is 6.13. The number of halogens is 3. The molecular weight excluding hydrogens is 411 g/mol. The Morgan fingerprint density at radius 3 is 2.43 bits per heavy atom. The summed E-state index contributed by atoms with van der Waals surface area (Å²) < 4.78 is 26.3. The van der Waals surface area contributed by atoms with Gasteiger partial charge >= 0.3 is 0 Å². The highest BCUT2D eigenvalue weighted by Gasteiger charge is 2.03. The molecule has 23 heavy (non-hydrogen) atoms. The molecule has 124 valence electrons. The summed E-state index contributed by atoms with van der Waals surface area (Å²) in [6.45, 7) is 2.42. The number of nitrogens with one attached hydrogen (secondary N) is 1. The van der Waals surface area contributed by atoms with Crippen LogP contribution in [-0.4, -0.2) is 12.5 Å². The fourth-order valence-corrected chi connectivity index (χ4v) is 2.03. The van der Waals surface area contributed by atoms with Crippen LogP contribution in [0.1, 0.15) is 18.1 Å². The number of aliphatic imine (C=N–C) groups is 1. The van der Waals surface area contributed by atoms with Crippen molar-refractivity contribution in [2.75, 3.05) is 11.9 Å². The largest absolute Gasteiger partial charge is 0.370 e. The van der Waals surface area contributed by atoms with Gasteiger partial charge in [0.15, 0.2) is 5.96 Å². The lowest BCUT2D eigenvalue weighted by molar-refractivity contribution is 0.572. The van der Waals surface area contributed by atoms with Crippen molar-refractivity contribution >= 4 is 35.6 Å². The SMILES string of the molecule is CCc1ccc(NC(N)=NCCc2ccc(F)cc2F)cc1.I. The van der Waals surface area contributed by atoms with E-state index in [1.807, 2.05) is 24.3 Å². The normalized spacial score (nSPS) is 11.0. The number of nitrogens with two attached hydrogens (primary N) is 1. The van der Waals surface area contributed by atoms with E-state index in [1.165, 1.54) is 17.7 Å². The minimum atomic E-state index is -0.582. The zero-order valence-corrected chi connectivity index (χ0v) is 15.2. The molecule has 0 amide bonds. The van der Waals surface area contributed by atoms with Gasteiger partial charge in [-0.3, -0.25) is 4.99 Å². The molecule has 0 saturated carbocycles. The van der Waals surface area contributed by atoms with E-state index in [1.54, 1.807) is 0 Å². The van der Waals surface area contributed by atoms with Crippen molar-refractivity contribution < 1.29 is 8.78 Å². The van der Waals surface area contributed by atoms with Gasteiger partial charge in [0.05, 0.1) is 0 Å². The summed E-state index contributed by atoms with van der Waals surface area (Å²) in [6, 6.07) is 11.4. The Bertz CT molecular complexity index is 657. The Kier molecular flexibility index (Phi) is 7.94. The van der Waals surface area contributed by atoms with Gasteiger partial charge in [-0.2, -0.15) is 0 Å². The molecule has 0 spiro atoms. The Hall–Kier alpha value is -1.70. The van der Waals surface area contributed by atoms with E-state index in [0.717, 1.165) is 18.2 Å². The summed E-state index contributed by atoms with van der Waals surface area (Å²) in [5.41, 5.74) is 8.31. The van der Waals surface area contributed by atoms with Crippen molar-refractivity contribution in [2.24, 2.45) is 10.7 Å². The van der Waals surface area contributed by atoms with Crippen LogP contribution < -0.4 is 11.1 Å². The maximum Gasteiger partial charge on any atom is 0.193 e. The molecule has 3 nitrogen and oxygen atoms in total. The lowest BCUT2D eigenvalue weighted by atomic mass is 10.1. The summed E-state index contributed by atoms with van der Waals surface area (Å²) in [6.07, 6.45) is 1.34. The van der Waals surface area contributed by atoms with Crippen molar-refractivity contribution in [3.8, 4) is 0 Å². The number of aryl methyl sites for hydroxylation is 1. The van der Waals surface area contributed by atoms with E-state index in [2.05, 4.69) is 17.2 Å². The van der Waals surface area contributed by atoms with E-state index in [-0.39, 0.29) is 29.9 Å². The lowest BCUT2D eigenvalue weighted by Crippen LogP contribution is -2.23. The number of nitrogens with zero attached hydrogens (tertiary/aromatic N) is 1. The predicted molar refractivity (Wildman–Crippen MR) is 101 cm³/mol. The van der Waals surface area contributed by atoms with Gasteiger partial charge in [0.25, 0.3) is 0 Å². The van der Waals surface area contributed by atoms with Gasteiger partial charge < -0.3 is 11.1 Å². The number of hydrogen-bond acceptors (Lipinski definition) is 1. The topological polar surface area (TPSA) is 50.4 Å². The van der Waals surface area contributed by atoms with E-state index in [4.69, 9.17) is 5.73 Å². The maximum absolute atomic E-state index is 13.5. The quantitative estimate of drug-likeness (QED) is 0.425. The summed E-state index contributed by atoms with van der Waals surface area (Å²) in [5, 5.41) is 2.98. The van der Waals surface area contributed by atoms with Crippen molar-refractivity contribution in [2.45, 2.75) is 19.8 Å². The second-order valence-electron chi connectivity index (χ2n) is 4.93. The third-order valence-corrected chi connectivity index (χ3v) is 3.31. The number of anilines is 1. The highest BCUT2D eigenvalue weighted by atomic mass is 127. The Morgan fingerprint density at radius 1 is 1.13 bits per heavy atom. The van der Waals surface area contributed by atoms with Gasteiger partial charge in [-0.1, -0.05) is 25.1 Å². The van der Waals surface area contributed by atoms with Crippen LogP contribution in [0.15, 0.2) is 47.5 Å². The second kappa shape index (κ2) is 9.44. The molecule has 3 N–H and O–H groups in total. The molecule has 0 aliphatic carbocycles. The number of guanidine groups is 1. The van der Waals surface area contributed by atoms with E-state index < -0.39 is 11.6 Å². The minimum absolute atomic E-state index is 0. The van der Waals surface area contributed by atoms with Crippen molar-refractivity contribution in [1.82, 2.24) is 0 Å². The molecular formula is C17H20F2IN3. The molecule has 0 radical (unpaired) electrons. The summed E-state index contributed by atoms with van der Waals surface area (Å²) >= 11 is 0. The summed E-state index contributed by atoms with van der Waals surface area (Å²) in [5.74, 6) is -0.870. The minimum Gasteiger partial charge on any atom is -0.370 e. The summed E-state index contributed by atoms with van der Waals surface area (Å²) in [7, 11) is 0. The smallest absolute Gasteiger partial charge is 0.193 e. The number of benzene rings is 2. The third-order valence-electron chi connectivity index (χ3n) is 3.31. The molecule has 0 unspecified atom stereocenters. The van der Waals surface area contributed by atoms with Crippen LogP contribution in [0.2, 0.25) is 0 Å². The van der Waals surface area contributed by atoms with E-state index in [0.29, 0.717) is 18.5 Å². The van der Waals surface area contributed by atoms with Crippen LogP contribution in [0.25, 0.3) is 0 Å².